The summed E-state index contributed by atoms with van der Waals surface area (Å²) in [7, 11) is 0. The third kappa shape index (κ3) is 2.97. The molecule has 4 nitrogen and oxygen atoms in total. The zero-order valence-corrected chi connectivity index (χ0v) is 9.93. The maximum atomic E-state index is 11.2. The summed E-state index contributed by atoms with van der Waals surface area (Å²) in [6.07, 6.45) is 7.37. The molecule has 0 aromatic carbocycles. The second-order valence-electron chi connectivity index (χ2n) is 4.07. The molecule has 0 bridgehead atoms. The molecule has 1 heterocycles. The van der Waals surface area contributed by atoms with Gasteiger partial charge in [-0.15, -0.1) is 13.2 Å². The summed E-state index contributed by atoms with van der Waals surface area (Å²) >= 11 is 0. The number of aliphatic hydroxyl groups is 1. The van der Waals surface area contributed by atoms with E-state index in [2.05, 4.69) is 23.1 Å². The lowest BCUT2D eigenvalue weighted by molar-refractivity contribution is -0.121. The van der Waals surface area contributed by atoms with Crippen molar-refractivity contribution in [3.05, 3.63) is 37.4 Å². The van der Waals surface area contributed by atoms with Gasteiger partial charge in [-0.2, -0.15) is 0 Å². The van der Waals surface area contributed by atoms with Crippen LogP contribution in [-0.4, -0.2) is 27.5 Å². The fraction of sp³-hybridized carbons (Fsp3) is 0.462. The Balaban J connectivity index is 0.000000686. The lowest BCUT2D eigenvalue weighted by atomic mass is 9.72. The van der Waals surface area contributed by atoms with E-state index in [9.17, 15) is 9.90 Å². The largest absolute Gasteiger partial charge is 0.395 e. The Morgan fingerprint density at radius 2 is 1.94 bits per heavy atom. The van der Waals surface area contributed by atoms with E-state index in [1.54, 1.807) is 18.6 Å². The van der Waals surface area contributed by atoms with Crippen molar-refractivity contribution >= 4 is 5.78 Å². The van der Waals surface area contributed by atoms with E-state index in [4.69, 9.17) is 0 Å². The summed E-state index contributed by atoms with van der Waals surface area (Å²) in [6, 6.07) is 0. The van der Waals surface area contributed by atoms with Gasteiger partial charge in [-0.25, -0.2) is 0 Å². The van der Waals surface area contributed by atoms with E-state index in [1.807, 2.05) is 0 Å². The summed E-state index contributed by atoms with van der Waals surface area (Å²) in [5.41, 5.74) is 0.460. The highest BCUT2D eigenvalue weighted by Crippen LogP contribution is 2.36. The Labute approximate surface area is 101 Å². The second kappa shape index (κ2) is 6.25. The van der Waals surface area contributed by atoms with Crippen LogP contribution in [0.1, 0.15) is 31.4 Å². The molecule has 1 N–H and O–H groups in total. The third-order valence-electron chi connectivity index (χ3n) is 3.17. The molecule has 0 saturated heterocycles. The van der Waals surface area contributed by atoms with Gasteiger partial charge in [-0.05, 0) is 12.8 Å². The average Bonchev–Trinajstić information content (AvgIpc) is 2.43. The number of rotatable bonds is 2. The number of nitrogens with zero attached hydrogens (tertiary/aromatic N) is 2. The molecule has 1 aliphatic carbocycles. The lowest BCUT2D eigenvalue weighted by Gasteiger charge is -2.33. The molecule has 4 heteroatoms. The number of carbonyl (C=O) groups excluding carboxylic acids is 1. The highest BCUT2D eigenvalue weighted by Gasteiger charge is 2.37. The minimum Gasteiger partial charge on any atom is -0.395 e. The van der Waals surface area contributed by atoms with Crippen LogP contribution in [0.4, 0.5) is 0 Å². The van der Waals surface area contributed by atoms with Crippen molar-refractivity contribution in [3.63, 3.8) is 0 Å². The van der Waals surface area contributed by atoms with Crippen LogP contribution >= 0.6 is 0 Å². The van der Waals surface area contributed by atoms with Crippen molar-refractivity contribution in [2.75, 3.05) is 6.61 Å². The summed E-state index contributed by atoms with van der Waals surface area (Å²) < 4.78 is 0. The summed E-state index contributed by atoms with van der Waals surface area (Å²) in [5.74, 6) is 0.281. The summed E-state index contributed by atoms with van der Waals surface area (Å²) in [5, 5.41) is 9.50. The first kappa shape index (κ1) is 13.5. The predicted octanol–water partition coefficient (Wildman–Crippen LogP) is 1.65. The molecular weight excluding hydrogens is 216 g/mol. The van der Waals surface area contributed by atoms with Gasteiger partial charge in [0.25, 0.3) is 0 Å². The first-order valence-electron chi connectivity index (χ1n) is 5.66. The number of aromatic nitrogens is 2. The van der Waals surface area contributed by atoms with Crippen molar-refractivity contribution < 1.29 is 9.90 Å². The molecule has 0 radical (unpaired) electrons. The Morgan fingerprint density at radius 3 is 2.41 bits per heavy atom. The zero-order chi connectivity index (χ0) is 12.7. The van der Waals surface area contributed by atoms with Gasteiger partial charge in [0.2, 0.25) is 0 Å². The van der Waals surface area contributed by atoms with Gasteiger partial charge in [0.05, 0.1) is 12.3 Å². The molecule has 1 aromatic heterocycles. The number of hydrogen-bond donors (Lipinski definition) is 1. The molecule has 0 spiro atoms. The number of carbonyl (C=O) groups is 1. The maximum Gasteiger partial charge on any atom is 0.132 e. The van der Waals surface area contributed by atoms with Gasteiger partial charge in [0.1, 0.15) is 5.78 Å². The van der Waals surface area contributed by atoms with Crippen LogP contribution in [-0.2, 0) is 10.2 Å². The van der Waals surface area contributed by atoms with E-state index in [1.165, 1.54) is 0 Å². The molecule has 1 fully saturated rings. The van der Waals surface area contributed by atoms with Crippen molar-refractivity contribution in [1.82, 2.24) is 9.97 Å². The van der Waals surface area contributed by atoms with E-state index in [0.717, 1.165) is 5.69 Å². The zero-order valence-electron chi connectivity index (χ0n) is 9.93. The predicted molar refractivity (Wildman–Crippen MR) is 65.5 cm³/mol. The SMILES string of the molecule is C=C.O=C1CCC(CO)(c2cnccn2)CC1. The maximum absolute atomic E-state index is 11.2. The molecule has 1 aliphatic rings. The second-order valence-corrected chi connectivity index (χ2v) is 4.07. The molecule has 92 valence electrons. The average molecular weight is 234 g/mol. The molecule has 0 amide bonds. The Hall–Kier alpha value is -1.55. The molecule has 17 heavy (non-hydrogen) atoms. The van der Waals surface area contributed by atoms with E-state index in [-0.39, 0.29) is 17.8 Å². The molecule has 0 unspecified atom stereocenters. The quantitative estimate of drug-likeness (QED) is 0.790. The Bertz CT molecular complexity index is 355. The van der Waals surface area contributed by atoms with Crippen LogP contribution in [0.3, 0.4) is 0 Å². The van der Waals surface area contributed by atoms with Gasteiger partial charge < -0.3 is 5.11 Å². The van der Waals surface area contributed by atoms with Gasteiger partial charge >= 0.3 is 0 Å². The molecule has 1 aromatic rings. The topological polar surface area (TPSA) is 63.1 Å². The number of aliphatic hydroxyl groups excluding tert-OH is 1. The van der Waals surface area contributed by atoms with Crippen LogP contribution in [0.2, 0.25) is 0 Å². The lowest BCUT2D eigenvalue weighted by Crippen LogP contribution is -2.36. The highest BCUT2D eigenvalue weighted by atomic mass is 16.3. The Morgan fingerprint density at radius 1 is 1.29 bits per heavy atom. The van der Waals surface area contributed by atoms with Crippen LogP contribution in [0.25, 0.3) is 0 Å². The number of ketones is 1. The Kier molecular flexibility index (Phi) is 4.97. The molecule has 2 rings (SSSR count). The first-order valence-corrected chi connectivity index (χ1v) is 5.66. The summed E-state index contributed by atoms with van der Waals surface area (Å²) in [6.45, 7) is 6.04. The van der Waals surface area contributed by atoms with Crippen LogP contribution < -0.4 is 0 Å². The van der Waals surface area contributed by atoms with Crippen molar-refractivity contribution in [2.24, 2.45) is 0 Å². The fourth-order valence-electron chi connectivity index (χ4n) is 2.08. The standard InChI is InChI=1S/C11H14N2O2.C2H4/c14-8-11(3-1-9(15)2-4-11)10-7-12-5-6-13-10;1-2/h5-7,14H,1-4,8H2;1-2H2. The van der Waals surface area contributed by atoms with Crippen LogP contribution in [0.5, 0.6) is 0 Å². The number of Topliss-reactive ketones (excluding diaryl/α,β-unsaturated/α-hetero) is 1. The minimum absolute atomic E-state index is 0.0406. The van der Waals surface area contributed by atoms with Gasteiger partial charge in [0, 0.05) is 36.8 Å². The van der Waals surface area contributed by atoms with Crippen molar-refractivity contribution in [1.29, 1.82) is 0 Å². The third-order valence-corrected chi connectivity index (χ3v) is 3.17. The van der Waals surface area contributed by atoms with Gasteiger partial charge in [-0.3, -0.25) is 14.8 Å². The monoisotopic (exact) mass is 234 g/mol. The van der Waals surface area contributed by atoms with Crippen molar-refractivity contribution in [2.45, 2.75) is 31.1 Å². The van der Waals surface area contributed by atoms with Gasteiger partial charge in [0.15, 0.2) is 0 Å². The summed E-state index contributed by atoms with van der Waals surface area (Å²) in [4.78, 5) is 19.4. The molecule has 0 aliphatic heterocycles. The van der Waals surface area contributed by atoms with Gasteiger partial charge in [-0.1, -0.05) is 0 Å². The normalized spacial score (nSPS) is 18.1. The molecule has 0 atom stereocenters. The number of hydrogen-bond acceptors (Lipinski definition) is 4. The minimum atomic E-state index is -0.345. The first-order chi connectivity index (χ1) is 8.27. The fourth-order valence-corrected chi connectivity index (χ4v) is 2.08. The highest BCUT2D eigenvalue weighted by molar-refractivity contribution is 5.79. The van der Waals surface area contributed by atoms with Crippen LogP contribution in [0, 0.1) is 0 Å². The smallest absolute Gasteiger partial charge is 0.132 e. The van der Waals surface area contributed by atoms with Crippen molar-refractivity contribution in [3.8, 4) is 0 Å². The van der Waals surface area contributed by atoms with E-state index >= 15 is 0 Å². The van der Waals surface area contributed by atoms with E-state index < -0.39 is 0 Å². The van der Waals surface area contributed by atoms with Crippen LogP contribution in [0.15, 0.2) is 31.7 Å². The van der Waals surface area contributed by atoms with E-state index in [0.29, 0.717) is 25.7 Å². The molecular formula is C13H18N2O2. The molecule has 1 saturated carbocycles.